The fourth-order valence-electron chi connectivity index (χ4n) is 4.45. The van der Waals surface area contributed by atoms with Crippen LogP contribution in [0.25, 0.3) is 16.9 Å². The minimum absolute atomic E-state index is 0.0543. The number of halogens is 2. The van der Waals surface area contributed by atoms with Crippen LogP contribution in [0.3, 0.4) is 0 Å². The number of alkyl halides is 2. The highest BCUT2D eigenvalue weighted by atomic mass is 19.3. The molecule has 0 spiro atoms. The largest absolute Gasteiger partial charge is 0.496 e. The van der Waals surface area contributed by atoms with Crippen LogP contribution in [0.2, 0.25) is 0 Å². The summed E-state index contributed by atoms with van der Waals surface area (Å²) < 4.78 is 44.3. The summed E-state index contributed by atoms with van der Waals surface area (Å²) in [6.07, 6.45) is 7.63. The predicted octanol–water partition coefficient (Wildman–Crippen LogP) is 4.71. The molecule has 34 heavy (non-hydrogen) atoms. The van der Waals surface area contributed by atoms with Crippen LogP contribution in [0.1, 0.15) is 42.5 Å². The number of methoxy groups -OCH3 is 1. The molecule has 0 saturated heterocycles. The number of benzene rings is 1. The number of carbonyl (C=O) groups excluding carboxylic acids is 1. The molecule has 0 atom stereocenters. The van der Waals surface area contributed by atoms with Crippen molar-refractivity contribution in [1.29, 1.82) is 0 Å². The zero-order valence-corrected chi connectivity index (χ0v) is 18.9. The summed E-state index contributed by atoms with van der Waals surface area (Å²) in [6, 6.07) is 7.04. The van der Waals surface area contributed by atoms with E-state index in [0.717, 1.165) is 25.7 Å². The Labute approximate surface area is 195 Å². The molecule has 2 N–H and O–H groups in total. The van der Waals surface area contributed by atoms with Gasteiger partial charge in [0.15, 0.2) is 5.78 Å². The zero-order chi connectivity index (χ0) is 23.8. The van der Waals surface area contributed by atoms with E-state index in [1.807, 2.05) is 22.7 Å². The third kappa shape index (κ3) is 4.70. The Hall–Kier alpha value is -3.20. The van der Waals surface area contributed by atoms with Crippen molar-refractivity contribution in [3.63, 3.8) is 0 Å². The molecule has 0 radical (unpaired) electrons. The van der Waals surface area contributed by atoms with E-state index in [1.165, 1.54) is 13.2 Å². The van der Waals surface area contributed by atoms with Crippen molar-refractivity contribution in [2.45, 2.75) is 44.8 Å². The van der Waals surface area contributed by atoms with E-state index >= 15 is 0 Å². The van der Waals surface area contributed by atoms with E-state index in [0.29, 0.717) is 47.5 Å². The Kier molecular flexibility index (Phi) is 6.12. The number of carbonyl (C=O) groups is 1. The lowest BCUT2D eigenvalue weighted by Gasteiger charge is -2.32. The monoisotopic (exact) mass is 471 g/mol. The number of aromatic nitrogens is 2. The molecule has 2 aliphatic rings. The van der Waals surface area contributed by atoms with Crippen molar-refractivity contribution in [1.82, 2.24) is 9.38 Å². The number of nitrogens with two attached hydrogens (primary N) is 1. The van der Waals surface area contributed by atoms with E-state index in [1.54, 1.807) is 12.3 Å². The van der Waals surface area contributed by atoms with Gasteiger partial charge in [0, 0.05) is 30.3 Å². The van der Waals surface area contributed by atoms with Crippen molar-refractivity contribution in [2.75, 3.05) is 13.7 Å². The molecule has 0 amide bonds. The van der Waals surface area contributed by atoms with Crippen LogP contribution in [0.15, 0.2) is 36.7 Å². The van der Waals surface area contributed by atoms with Crippen LogP contribution in [0, 0.1) is 11.8 Å². The van der Waals surface area contributed by atoms with Gasteiger partial charge in [0.05, 0.1) is 25.6 Å². The number of ketones is 1. The summed E-state index contributed by atoms with van der Waals surface area (Å²) in [5.74, 6) is 1.23. The molecule has 3 aromatic rings. The van der Waals surface area contributed by atoms with Gasteiger partial charge in [-0.2, -0.15) is 8.78 Å². The van der Waals surface area contributed by atoms with Gasteiger partial charge in [0.2, 0.25) is 0 Å². The van der Waals surface area contributed by atoms with Crippen LogP contribution < -0.4 is 19.9 Å². The van der Waals surface area contributed by atoms with Crippen molar-refractivity contribution >= 4 is 11.4 Å². The normalized spacial score (nSPS) is 19.8. The van der Waals surface area contributed by atoms with Gasteiger partial charge >= 0.3 is 6.61 Å². The third-order valence-electron chi connectivity index (χ3n) is 6.49. The first-order valence-electron chi connectivity index (χ1n) is 11.5. The first-order chi connectivity index (χ1) is 16.4. The van der Waals surface area contributed by atoms with Gasteiger partial charge in [0.1, 0.15) is 28.5 Å². The fourth-order valence-corrected chi connectivity index (χ4v) is 4.45. The molecule has 0 unspecified atom stereocenters. The van der Waals surface area contributed by atoms with Gasteiger partial charge in [-0.05, 0) is 55.7 Å². The van der Waals surface area contributed by atoms with Gasteiger partial charge in [-0.3, -0.25) is 9.20 Å². The summed E-state index contributed by atoms with van der Waals surface area (Å²) in [5.41, 5.74) is 7.71. The second kappa shape index (κ2) is 9.21. The van der Waals surface area contributed by atoms with Crippen molar-refractivity contribution in [2.24, 2.45) is 17.6 Å². The average molecular weight is 472 g/mol. The Bertz CT molecular complexity index is 1200. The van der Waals surface area contributed by atoms with Gasteiger partial charge < -0.3 is 19.9 Å². The number of pyridine rings is 1. The van der Waals surface area contributed by atoms with E-state index in [9.17, 15) is 13.6 Å². The molecule has 7 nitrogen and oxygen atoms in total. The van der Waals surface area contributed by atoms with E-state index in [2.05, 4.69) is 4.98 Å². The van der Waals surface area contributed by atoms with Crippen molar-refractivity contribution in [3.05, 3.63) is 42.2 Å². The molecular formula is C25H27F2N3O4. The van der Waals surface area contributed by atoms with E-state index in [-0.39, 0.29) is 28.9 Å². The van der Waals surface area contributed by atoms with Crippen molar-refractivity contribution in [3.8, 4) is 28.5 Å². The molecule has 2 fully saturated rings. The molecule has 2 heterocycles. The lowest BCUT2D eigenvalue weighted by molar-refractivity contribution is -0.0502. The van der Waals surface area contributed by atoms with E-state index in [4.69, 9.17) is 19.9 Å². The lowest BCUT2D eigenvalue weighted by Crippen LogP contribution is -2.39. The molecule has 2 aliphatic carbocycles. The van der Waals surface area contributed by atoms with E-state index < -0.39 is 6.61 Å². The summed E-state index contributed by atoms with van der Waals surface area (Å²) in [6.45, 7) is -2.46. The van der Waals surface area contributed by atoms with Gasteiger partial charge in [-0.15, -0.1) is 0 Å². The number of hydrogen-bond donors (Lipinski definition) is 1. The van der Waals surface area contributed by atoms with Crippen LogP contribution in [-0.4, -0.2) is 41.5 Å². The maximum atomic E-state index is 13.2. The Morgan fingerprint density at radius 1 is 1.21 bits per heavy atom. The summed E-state index contributed by atoms with van der Waals surface area (Å²) >= 11 is 0. The Balaban J connectivity index is 1.45. The highest BCUT2D eigenvalue weighted by Gasteiger charge is 2.30. The highest BCUT2D eigenvalue weighted by molar-refractivity contribution is 6.02. The molecule has 0 aliphatic heterocycles. The number of fused-ring (bicyclic) bond motifs is 1. The second-order valence-corrected chi connectivity index (χ2v) is 9.14. The maximum Gasteiger partial charge on any atom is 0.387 e. The van der Waals surface area contributed by atoms with Crippen LogP contribution in [0.5, 0.6) is 17.2 Å². The predicted molar refractivity (Wildman–Crippen MR) is 122 cm³/mol. The number of ether oxygens (including phenoxy) is 3. The van der Waals surface area contributed by atoms with Gasteiger partial charge in [-0.1, -0.05) is 0 Å². The molecule has 9 heteroatoms. The van der Waals surface area contributed by atoms with Crippen molar-refractivity contribution < 1.29 is 27.8 Å². The standard InChI is InChI=1S/C25H27F2N3O4/c1-32-21-9-16(10-22(34-25(26)27)24(21)20(31)8-14-2-3-14)19-12-29-23-11-18(4-5-30(19)23)33-13-15-6-17(28)7-15/h4-5,9-12,14-15,17,25H,2-3,6-8,13,28H2,1H3. The Morgan fingerprint density at radius 2 is 1.97 bits per heavy atom. The topological polar surface area (TPSA) is 88.1 Å². The fraction of sp³-hybridized carbons (Fsp3) is 0.440. The van der Waals surface area contributed by atoms with Crippen LogP contribution >= 0.6 is 0 Å². The minimum Gasteiger partial charge on any atom is -0.496 e. The molecule has 5 rings (SSSR count). The van der Waals surface area contributed by atoms with Crippen LogP contribution in [-0.2, 0) is 0 Å². The molecular weight excluding hydrogens is 444 g/mol. The maximum absolute atomic E-state index is 13.2. The number of hydrogen-bond acceptors (Lipinski definition) is 6. The molecule has 2 saturated carbocycles. The zero-order valence-electron chi connectivity index (χ0n) is 18.9. The first-order valence-corrected chi connectivity index (χ1v) is 11.5. The first kappa shape index (κ1) is 22.6. The lowest BCUT2D eigenvalue weighted by atomic mass is 9.82. The third-order valence-corrected chi connectivity index (χ3v) is 6.49. The number of nitrogens with zero attached hydrogens (tertiary/aromatic N) is 2. The quantitative estimate of drug-likeness (QED) is 0.431. The highest BCUT2D eigenvalue weighted by Crippen LogP contribution is 2.40. The summed E-state index contributed by atoms with van der Waals surface area (Å²) in [5, 5.41) is 0. The number of Topliss-reactive ketones (excluding diaryl/α,β-unsaturated/α-hetero) is 1. The summed E-state index contributed by atoms with van der Waals surface area (Å²) in [7, 11) is 1.41. The second-order valence-electron chi connectivity index (χ2n) is 9.14. The average Bonchev–Trinajstić information content (AvgIpc) is 3.50. The molecule has 2 aromatic heterocycles. The molecule has 0 bridgehead atoms. The number of rotatable bonds is 10. The van der Waals surface area contributed by atoms with Gasteiger partial charge in [-0.25, -0.2) is 4.98 Å². The Morgan fingerprint density at radius 3 is 2.65 bits per heavy atom. The van der Waals surface area contributed by atoms with Gasteiger partial charge in [0.25, 0.3) is 0 Å². The smallest absolute Gasteiger partial charge is 0.387 e. The summed E-state index contributed by atoms with van der Waals surface area (Å²) in [4.78, 5) is 17.3. The van der Waals surface area contributed by atoms with Crippen LogP contribution in [0.4, 0.5) is 8.78 Å². The molecule has 1 aromatic carbocycles. The number of imidazole rings is 1. The minimum atomic E-state index is -3.07. The molecule has 180 valence electrons. The SMILES string of the molecule is COc1cc(-c2cnc3cc(OCC4CC(N)C4)ccn23)cc(OC(F)F)c1C(=O)CC1CC1.